The van der Waals surface area contributed by atoms with Gasteiger partial charge in [0.15, 0.2) is 0 Å². The summed E-state index contributed by atoms with van der Waals surface area (Å²) in [6, 6.07) is 5.27. The lowest BCUT2D eigenvalue weighted by atomic mass is 10.1. The molecule has 1 aliphatic heterocycles. The maximum absolute atomic E-state index is 13.3. The van der Waals surface area contributed by atoms with Crippen molar-refractivity contribution in [1.82, 2.24) is 0 Å². The van der Waals surface area contributed by atoms with Gasteiger partial charge < -0.3 is 4.90 Å². The van der Waals surface area contributed by atoms with Gasteiger partial charge in [0.25, 0.3) is 0 Å². The highest BCUT2D eigenvalue weighted by molar-refractivity contribution is 9.08. The summed E-state index contributed by atoms with van der Waals surface area (Å²) in [6.45, 7) is 2.12. The number of benzene rings is 1. The second-order valence-corrected chi connectivity index (χ2v) is 3.77. The van der Waals surface area contributed by atoms with Crippen LogP contribution in [0.5, 0.6) is 0 Å². The van der Waals surface area contributed by atoms with Gasteiger partial charge in [0.1, 0.15) is 5.82 Å². The molecule has 1 aromatic carbocycles. The normalized spacial score (nSPS) is 15.7. The average Bonchev–Trinajstić information content (AvgIpc) is 2.01. The number of alkyl halides is 1. The van der Waals surface area contributed by atoms with E-state index in [0.29, 0.717) is 5.33 Å². The Morgan fingerprint density at radius 3 is 2.69 bits per heavy atom. The third kappa shape index (κ3) is 1.57. The smallest absolute Gasteiger partial charge is 0.129 e. The maximum atomic E-state index is 13.3. The Kier molecular flexibility index (Phi) is 2.54. The summed E-state index contributed by atoms with van der Waals surface area (Å²) in [6.07, 6.45) is 1.22. The average molecular weight is 244 g/mol. The topological polar surface area (TPSA) is 3.24 Å². The van der Waals surface area contributed by atoms with Crippen molar-refractivity contribution in [3.8, 4) is 0 Å². The van der Waals surface area contributed by atoms with Crippen molar-refractivity contribution >= 4 is 21.6 Å². The van der Waals surface area contributed by atoms with Gasteiger partial charge in [-0.1, -0.05) is 22.0 Å². The summed E-state index contributed by atoms with van der Waals surface area (Å²) < 4.78 is 13.3. The van der Waals surface area contributed by atoms with Crippen molar-refractivity contribution in [3.05, 3.63) is 29.6 Å². The van der Waals surface area contributed by atoms with E-state index in [1.165, 1.54) is 12.5 Å². The van der Waals surface area contributed by atoms with Crippen LogP contribution in [0.3, 0.4) is 0 Å². The molecule has 0 N–H and O–H groups in total. The molecule has 1 saturated heterocycles. The maximum Gasteiger partial charge on any atom is 0.129 e. The van der Waals surface area contributed by atoms with Crippen molar-refractivity contribution < 1.29 is 4.39 Å². The Bertz CT molecular complexity index is 310. The number of halogens is 2. The SMILES string of the molecule is Fc1cccc(N2CCC2)c1CBr. The molecule has 1 aliphatic rings. The van der Waals surface area contributed by atoms with Crippen LogP contribution in [0.25, 0.3) is 0 Å². The van der Waals surface area contributed by atoms with Gasteiger partial charge in [-0.25, -0.2) is 4.39 Å². The van der Waals surface area contributed by atoms with Gasteiger partial charge in [0.2, 0.25) is 0 Å². The lowest BCUT2D eigenvalue weighted by Gasteiger charge is -2.34. The zero-order valence-electron chi connectivity index (χ0n) is 7.26. The van der Waals surface area contributed by atoms with Crippen molar-refractivity contribution in [2.45, 2.75) is 11.8 Å². The van der Waals surface area contributed by atoms with E-state index in [1.807, 2.05) is 6.07 Å². The predicted molar refractivity (Wildman–Crippen MR) is 55.9 cm³/mol. The first-order valence-corrected chi connectivity index (χ1v) is 5.53. The number of hydrogen-bond acceptors (Lipinski definition) is 1. The van der Waals surface area contributed by atoms with Gasteiger partial charge in [-0.2, -0.15) is 0 Å². The quantitative estimate of drug-likeness (QED) is 0.723. The standard InChI is InChI=1S/C10H11BrFN/c11-7-8-9(12)3-1-4-10(8)13-5-2-6-13/h1,3-4H,2,5-7H2. The molecule has 1 nitrogen and oxygen atoms in total. The molecular weight excluding hydrogens is 233 g/mol. The molecule has 0 atom stereocenters. The fraction of sp³-hybridized carbons (Fsp3) is 0.400. The number of hydrogen-bond donors (Lipinski definition) is 0. The molecule has 3 heteroatoms. The summed E-state index contributed by atoms with van der Waals surface area (Å²) in [4.78, 5) is 2.21. The molecular formula is C10H11BrFN. The van der Waals surface area contributed by atoms with Gasteiger partial charge in [0.05, 0.1) is 0 Å². The third-order valence-corrected chi connectivity index (χ3v) is 2.99. The molecule has 0 saturated carbocycles. The van der Waals surface area contributed by atoms with Crippen LogP contribution >= 0.6 is 15.9 Å². The molecule has 13 heavy (non-hydrogen) atoms. The lowest BCUT2D eigenvalue weighted by molar-refractivity contribution is 0.595. The monoisotopic (exact) mass is 243 g/mol. The van der Waals surface area contributed by atoms with Crippen LogP contribution in [0.1, 0.15) is 12.0 Å². The summed E-state index contributed by atoms with van der Waals surface area (Å²) in [5.41, 5.74) is 1.82. The fourth-order valence-electron chi connectivity index (χ4n) is 1.53. The highest BCUT2D eigenvalue weighted by Gasteiger charge is 2.18. The van der Waals surface area contributed by atoms with Gasteiger partial charge >= 0.3 is 0 Å². The molecule has 2 rings (SSSR count). The minimum absolute atomic E-state index is 0.110. The van der Waals surface area contributed by atoms with Crippen LogP contribution in [-0.4, -0.2) is 13.1 Å². The highest BCUT2D eigenvalue weighted by atomic mass is 79.9. The third-order valence-electron chi connectivity index (χ3n) is 2.42. The molecule has 1 aromatic rings. The van der Waals surface area contributed by atoms with Crippen LogP contribution in [-0.2, 0) is 5.33 Å². The summed E-state index contributed by atoms with van der Waals surface area (Å²) in [5, 5.41) is 0.589. The zero-order valence-corrected chi connectivity index (χ0v) is 8.85. The Balaban J connectivity index is 2.37. The zero-order chi connectivity index (χ0) is 9.26. The first kappa shape index (κ1) is 9.00. The van der Waals surface area contributed by atoms with Crippen LogP contribution < -0.4 is 4.90 Å². The van der Waals surface area contributed by atoms with Crippen LogP contribution in [0.4, 0.5) is 10.1 Å². The summed E-state index contributed by atoms with van der Waals surface area (Å²) in [7, 11) is 0. The molecule has 0 unspecified atom stereocenters. The molecule has 0 aromatic heterocycles. The molecule has 0 aliphatic carbocycles. The first-order valence-electron chi connectivity index (χ1n) is 4.41. The predicted octanol–water partition coefficient (Wildman–Crippen LogP) is 2.93. The van der Waals surface area contributed by atoms with E-state index < -0.39 is 0 Å². The van der Waals surface area contributed by atoms with Crippen LogP contribution in [0.15, 0.2) is 18.2 Å². The van der Waals surface area contributed by atoms with Gasteiger partial charge in [-0.3, -0.25) is 0 Å². The molecule has 1 fully saturated rings. The summed E-state index contributed by atoms with van der Waals surface area (Å²) in [5.74, 6) is -0.110. The molecule has 0 radical (unpaired) electrons. The largest absolute Gasteiger partial charge is 0.371 e. The van der Waals surface area contributed by atoms with Crippen LogP contribution in [0.2, 0.25) is 0 Å². The van der Waals surface area contributed by atoms with E-state index in [4.69, 9.17) is 0 Å². The van der Waals surface area contributed by atoms with Crippen LogP contribution in [0, 0.1) is 5.82 Å². The van der Waals surface area contributed by atoms with E-state index >= 15 is 0 Å². The summed E-state index contributed by atoms with van der Waals surface area (Å²) >= 11 is 3.31. The molecule has 0 amide bonds. The highest BCUT2D eigenvalue weighted by Crippen LogP contribution is 2.28. The van der Waals surface area contributed by atoms with Gasteiger partial charge in [-0.05, 0) is 18.6 Å². The van der Waals surface area contributed by atoms with Crippen molar-refractivity contribution in [1.29, 1.82) is 0 Å². The minimum atomic E-state index is -0.110. The van der Waals surface area contributed by atoms with E-state index in [0.717, 1.165) is 24.3 Å². The van der Waals surface area contributed by atoms with Crippen molar-refractivity contribution in [2.24, 2.45) is 0 Å². The lowest BCUT2D eigenvalue weighted by Crippen LogP contribution is -2.37. The fourth-order valence-corrected chi connectivity index (χ4v) is 2.09. The number of anilines is 1. The van der Waals surface area contributed by atoms with Gasteiger partial charge in [0, 0.05) is 29.7 Å². The second kappa shape index (κ2) is 3.66. The Hall–Kier alpha value is -0.570. The Morgan fingerprint density at radius 1 is 1.38 bits per heavy atom. The second-order valence-electron chi connectivity index (χ2n) is 3.21. The molecule has 1 heterocycles. The number of rotatable bonds is 2. The molecule has 70 valence electrons. The number of nitrogens with zero attached hydrogens (tertiary/aromatic N) is 1. The van der Waals surface area contributed by atoms with E-state index in [1.54, 1.807) is 6.07 Å². The minimum Gasteiger partial charge on any atom is -0.371 e. The first-order chi connectivity index (χ1) is 6.33. The molecule has 0 spiro atoms. The van der Waals surface area contributed by atoms with Crippen molar-refractivity contribution in [3.63, 3.8) is 0 Å². The van der Waals surface area contributed by atoms with Gasteiger partial charge in [-0.15, -0.1) is 0 Å². The van der Waals surface area contributed by atoms with Crippen molar-refractivity contribution in [2.75, 3.05) is 18.0 Å². The van der Waals surface area contributed by atoms with E-state index in [9.17, 15) is 4.39 Å². The Labute approximate surface area is 85.7 Å². The van der Waals surface area contributed by atoms with E-state index in [2.05, 4.69) is 20.8 Å². The van der Waals surface area contributed by atoms with E-state index in [-0.39, 0.29) is 5.82 Å². The molecule has 0 bridgehead atoms. The Morgan fingerprint density at radius 2 is 2.15 bits per heavy atom.